The van der Waals surface area contributed by atoms with E-state index in [2.05, 4.69) is 52.2 Å². The van der Waals surface area contributed by atoms with E-state index in [0.29, 0.717) is 30.5 Å². The summed E-state index contributed by atoms with van der Waals surface area (Å²) in [6.45, 7) is 3.71. The minimum absolute atomic E-state index is 0.0561. The van der Waals surface area contributed by atoms with Crippen molar-refractivity contribution in [3.63, 3.8) is 0 Å². The Balaban J connectivity index is 1.01. The van der Waals surface area contributed by atoms with E-state index in [1.165, 1.54) is 22.3 Å². The SMILES string of the molecule is CCC(C)[C@@H]1NC(=O)[C@H](CC(=O)NCCO[C@@H]2O[C@H](CO)[C@@H](O[C@H]3O[C@H](CO)[C@@H](O)[C@H](O)[C@H]3O)[C@H](O)[C@H]2O)NC(=O)[C@H](C(C)C)NC(=O)CNC(=O)[C@H](Cc2cnc[nH]2)NC(=O)[C@H](Cc2c[nH]c3ccccc23)NC(=O)[C@@H]2CCCN2C(=O)[C@@H]2CCCN2C1=O. The molecule has 5 aliphatic heterocycles. The van der Waals surface area contributed by atoms with Gasteiger partial charge in [0.25, 0.3) is 0 Å². The first-order valence-electron chi connectivity index (χ1n) is 30.4. The highest BCUT2D eigenvalue weighted by Crippen LogP contribution is 2.31. The van der Waals surface area contributed by atoms with Gasteiger partial charge >= 0.3 is 0 Å². The van der Waals surface area contributed by atoms with Gasteiger partial charge in [-0.25, -0.2) is 4.98 Å². The summed E-state index contributed by atoms with van der Waals surface area (Å²) in [5.41, 5.74) is 1.85. The van der Waals surface area contributed by atoms with Crippen molar-refractivity contribution < 1.29 is 97.8 Å². The topological polar surface area (TPSA) is 467 Å². The second-order valence-corrected chi connectivity index (χ2v) is 23.7. The van der Waals surface area contributed by atoms with Crippen LogP contribution in [0.25, 0.3) is 10.9 Å². The first-order valence-corrected chi connectivity index (χ1v) is 30.4. The van der Waals surface area contributed by atoms with Gasteiger partial charge in [-0.1, -0.05) is 52.3 Å². The minimum Gasteiger partial charge on any atom is -0.394 e. The summed E-state index contributed by atoms with van der Waals surface area (Å²) in [6.07, 6.45) is -12.1. The number of rotatable bonds is 17. The molecule has 8 rings (SSSR count). The molecule has 0 bridgehead atoms. The van der Waals surface area contributed by atoms with Gasteiger partial charge in [-0.3, -0.25) is 43.2 Å². The maximum atomic E-state index is 14.9. The lowest BCUT2D eigenvalue weighted by atomic mass is 9.96. The number of carbonyl (C=O) groups excluding carboxylic acids is 9. The summed E-state index contributed by atoms with van der Waals surface area (Å²) < 4.78 is 22.2. The van der Waals surface area contributed by atoms with E-state index >= 15 is 0 Å². The summed E-state index contributed by atoms with van der Waals surface area (Å²) in [6, 6.07) is -2.00. The second kappa shape index (κ2) is 31.2. The van der Waals surface area contributed by atoms with Crippen molar-refractivity contribution >= 4 is 64.1 Å². The molecule has 0 radical (unpaired) electrons. The fraction of sp³-hybridized carbons (Fsp3) is 0.655. The molecule has 1 aromatic carbocycles. The molecule has 5 fully saturated rings. The molecule has 32 nitrogen and oxygen atoms in total. The molecule has 496 valence electrons. The number of aromatic nitrogens is 3. The Morgan fingerprint density at radius 2 is 1.34 bits per heavy atom. The molecule has 90 heavy (non-hydrogen) atoms. The number of H-pyrrole nitrogens is 2. The molecule has 32 heteroatoms. The number of aliphatic hydroxyl groups is 7. The number of nitrogens with one attached hydrogen (secondary N) is 9. The third-order valence-electron chi connectivity index (χ3n) is 17.2. The number of benzene rings is 1. The quantitative estimate of drug-likeness (QED) is 0.0560. The van der Waals surface area contributed by atoms with Gasteiger partial charge in [-0.15, -0.1) is 0 Å². The van der Waals surface area contributed by atoms with E-state index in [1.807, 2.05) is 24.3 Å². The zero-order chi connectivity index (χ0) is 65.1. The summed E-state index contributed by atoms with van der Waals surface area (Å²) >= 11 is 0. The van der Waals surface area contributed by atoms with Gasteiger partial charge in [0, 0.05) is 61.5 Å². The molecule has 0 aliphatic carbocycles. The van der Waals surface area contributed by atoms with Crippen LogP contribution in [0.5, 0.6) is 0 Å². The van der Waals surface area contributed by atoms with Crippen molar-refractivity contribution in [3.05, 3.63) is 54.2 Å². The minimum atomic E-state index is -1.90. The van der Waals surface area contributed by atoms with Crippen LogP contribution in [0, 0.1) is 11.8 Å². The van der Waals surface area contributed by atoms with Crippen molar-refractivity contribution in [3.8, 4) is 0 Å². The Hall–Kier alpha value is -7.24. The summed E-state index contributed by atoms with van der Waals surface area (Å²) in [5.74, 6) is -8.41. The normalized spacial score (nSPS) is 32.6. The average molecular weight is 1270 g/mol. The fourth-order valence-electron chi connectivity index (χ4n) is 11.8. The smallest absolute Gasteiger partial charge is 0.246 e. The van der Waals surface area contributed by atoms with Crippen LogP contribution in [-0.4, -0.2) is 263 Å². The summed E-state index contributed by atoms with van der Waals surface area (Å²) in [4.78, 5) is 143. The van der Waals surface area contributed by atoms with Crippen LogP contribution in [0.1, 0.15) is 77.5 Å². The molecule has 1 unspecified atom stereocenters. The number of carbonyl (C=O) groups is 9. The molecular weight excluding hydrogens is 1180 g/mol. The number of aliphatic hydroxyl groups excluding tert-OH is 7. The zero-order valence-corrected chi connectivity index (χ0v) is 50.4. The number of nitrogens with zero attached hydrogens (tertiary/aromatic N) is 3. The van der Waals surface area contributed by atoms with Crippen LogP contribution in [0.15, 0.2) is 43.0 Å². The highest BCUT2D eigenvalue weighted by molar-refractivity contribution is 6.00. The van der Waals surface area contributed by atoms with Gasteiger partial charge in [0.05, 0.1) is 39.1 Å². The molecule has 3 aromatic rings. The Kier molecular flexibility index (Phi) is 23.8. The Bertz CT molecular complexity index is 2990. The summed E-state index contributed by atoms with van der Waals surface area (Å²) in [7, 11) is 0. The maximum absolute atomic E-state index is 14.9. The molecule has 7 heterocycles. The predicted molar refractivity (Wildman–Crippen MR) is 311 cm³/mol. The Labute approximate surface area is 517 Å². The van der Waals surface area contributed by atoms with Gasteiger partial charge < -0.3 is 112 Å². The standard InChI is InChI=1S/C58H84N12O20/c1-5-28(4)43-56(86)70-16-9-13-37(70)55(85)69-15-8-12-36(69)53(83)65-33(18-29-21-61-32-11-7-6-10-31(29)32)51(81)64-34(19-30-22-59-26-63-30)50(80)62-23-41(74)67-42(27(2)3)54(84)66-35(52(82)68-43)20-40(73)60-14-17-87-57-48(79)46(77)49(39(25-72)89-57)90-58-47(78)45(76)44(75)38(24-71)88-58/h6-7,10-11,21-22,26-28,33-39,42-49,57-58,61,71-72,75-79H,5,8-9,12-20,23-25H2,1-4H3,(H,59,63)(H,60,73)(H,62,80)(H,64,81)(H,65,83)(H,66,84)(H,67,74)(H,68,82)/t28?,33-,34-,35-,36-,37-,38+,39+,42-,43-,44+,45-,46+,47+,48+,49+,57+,58+/m0/s1. The van der Waals surface area contributed by atoms with Gasteiger partial charge in [-0.2, -0.15) is 0 Å². The molecule has 16 N–H and O–H groups in total. The number of imidazole rings is 1. The molecular formula is C58H84N12O20. The average Bonchev–Trinajstić information content (AvgIpc) is 1.42. The Morgan fingerprint density at radius 1 is 0.700 bits per heavy atom. The lowest BCUT2D eigenvalue weighted by Crippen LogP contribution is -2.64. The third kappa shape index (κ3) is 16.3. The van der Waals surface area contributed by atoms with E-state index in [4.69, 9.17) is 18.9 Å². The summed E-state index contributed by atoms with van der Waals surface area (Å²) in [5, 5.41) is 92.0. The maximum Gasteiger partial charge on any atom is 0.246 e. The first kappa shape index (κ1) is 68.7. The van der Waals surface area contributed by atoms with E-state index < -0.39 is 201 Å². The number of fused-ring (bicyclic) bond motifs is 3. The predicted octanol–water partition coefficient (Wildman–Crippen LogP) is -5.94. The molecule has 5 aliphatic rings. The number of ether oxygens (including phenoxy) is 4. The Morgan fingerprint density at radius 3 is 2.03 bits per heavy atom. The van der Waals surface area contributed by atoms with Crippen LogP contribution < -0.4 is 37.2 Å². The molecule has 18 atom stereocenters. The van der Waals surface area contributed by atoms with E-state index in [1.54, 1.807) is 33.9 Å². The van der Waals surface area contributed by atoms with Crippen molar-refractivity contribution in [2.75, 3.05) is 46.0 Å². The van der Waals surface area contributed by atoms with Gasteiger partial charge in [0.1, 0.15) is 91.1 Å². The monoisotopic (exact) mass is 1270 g/mol. The van der Waals surface area contributed by atoms with Crippen LogP contribution in [0.3, 0.4) is 0 Å². The van der Waals surface area contributed by atoms with Crippen molar-refractivity contribution in [2.45, 2.75) is 183 Å². The number of para-hydroxylation sites is 1. The molecule has 0 spiro atoms. The first-order chi connectivity index (χ1) is 43.0. The van der Waals surface area contributed by atoms with Crippen LogP contribution in [-0.2, 0) is 74.9 Å². The number of aromatic amines is 2. The zero-order valence-electron chi connectivity index (χ0n) is 50.4. The van der Waals surface area contributed by atoms with Crippen molar-refractivity contribution in [1.29, 1.82) is 0 Å². The third-order valence-corrected chi connectivity index (χ3v) is 17.2. The molecule has 2 aromatic heterocycles. The lowest BCUT2D eigenvalue weighted by Gasteiger charge is -2.45. The molecule has 9 amide bonds. The molecule has 0 saturated carbocycles. The van der Waals surface area contributed by atoms with Crippen LogP contribution in [0.2, 0.25) is 0 Å². The largest absolute Gasteiger partial charge is 0.394 e. The van der Waals surface area contributed by atoms with Gasteiger partial charge in [0.2, 0.25) is 53.2 Å². The highest BCUT2D eigenvalue weighted by atomic mass is 16.7. The van der Waals surface area contributed by atoms with Crippen LogP contribution >= 0.6 is 0 Å². The van der Waals surface area contributed by atoms with Gasteiger partial charge in [0.15, 0.2) is 12.6 Å². The fourth-order valence-corrected chi connectivity index (χ4v) is 11.8. The lowest BCUT2D eigenvalue weighted by molar-refractivity contribution is -0.359. The second-order valence-electron chi connectivity index (χ2n) is 23.7. The number of amides is 9. The van der Waals surface area contributed by atoms with Gasteiger partial charge in [-0.05, 0) is 49.1 Å². The van der Waals surface area contributed by atoms with E-state index in [-0.39, 0.29) is 45.3 Å². The van der Waals surface area contributed by atoms with Crippen molar-refractivity contribution in [2.24, 2.45) is 11.8 Å². The van der Waals surface area contributed by atoms with E-state index in [9.17, 15) is 78.9 Å². The number of hydrogen-bond donors (Lipinski definition) is 16. The molecule has 5 saturated heterocycles. The van der Waals surface area contributed by atoms with Crippen LogP contribution in [0.4, 0.5) is 0 Å². The number of hydrogen-bond acceptors (Lipinski definition) is 21. The van der Waals surface area contributed by atoms with Crippen molar-refractivity contribution in [1.82, 2.24) is 62.0 Å². The highest BCUT2D eigenvalue weighted by Gasteiger charge is 2.51. The van der Waals surface area contributed by atoms with E-state index in [0.717, 1.165) is 10.9 Å².